The predicted molar refractivity (Wildman–Crippen MR) is 86.1 cm³/mol. The van der Waals surface area contributed by atoms with Crippen molar-refractivity contribution in [3.05, 3.63) is 47.0 Å². The Morgan fingerprint density at radius 3 is 2.65 bits per heavy atom. The first kappa shape index (κ1) is 14.5. The molecule has 0 spiro atoms. The van der Waals surface area contributed by atoms with Crippen molar-refractivity contribution in [3.63, 3.8) is 0 Å². The van der Waals surface area contributed by atoms with Gasteiger partial charge in [0.1, 0.15) is 5.75 Å². The van der Waals surface area contributed by atoms with E-state index < -0.39 is 0 Å². The first-order valence-electron chi connectivity index (χ1n) is 6.65. The van der Waals surface area contributed by atoms with Gasteiger partial charge in [-0.05, 0) is 37.1 Å². The van der Waals surface area contributed by atoms with Gasteiger partial charge in [-0.15, -0.1) is 0 Å². The van der Waals surface area contributed by atoms with Crippen LogP contribution in [0.3, 0.4) is 0 Å². The summed E-state index contributed by atoms with van der Waals surface area (Å²) >= 11 is 6.12. The fourth-order valence-corrected chi connectivity index (χ4v) is 2.02. The third-order valence-electron chi connectivity index (χ3n) is 2.86. The molecule has 0 saturated carbocycles. The molecule has 2 rings (SSSR count). The molecular formula is C16H19ClN2O. The lowest BCUT2D eigenvalue weighted by Gasteiger charge is -2.11. The molecule has 0 unspecified atom stereocenters. The molecule has 0 heterocycles. The highest BCUT2D eigenvalue weighted by Crippen LogP contribution is 2.27. The number of hydrogen-bond acceptors (Lipinski definition) is 3. The van der Waals surface area contributed by atoms with Gasteiger partial charge in [0, 0.05) is 34.2 Å². The van der Waals surface area contributed by atoms with Crippen LogP contribution in [0.1, 0.15) is 18.9 Å². The van der Waals surface area contributed by atoms with Gasteiger partial charge in [-0.1, -0.05) is 24.6 Å². The zero-order chi connectivity index (χ0) is 14.5. The monoisotopic (exact) mass is 290 g/mol. The summed E-state index contributed by atoms with van der Waals surface area (Å²) in [6.45, 7) is 4.72. The summed E-state index contributed by atoms with van der Waals surface area (Å²) in [5, 5.41) is 4.02. The van der Waals surface area contributed by atoms with Crippen LogP contribution in [0.25, 0.3) is 0 Å². The first-order chi connectivity index (χ1) is 9.58. The van der Waals surface area contributed by atoms with Crippen molar-refractivity contribution in [1.29, 1.82) is 0 Å². The molecule has 4 heteroatoms. The van der Waals surface area contributed by atoms with E-state index in [1.54, 1.807) is 0 Å². The highest BCUT2D eigenvalue weighted by Gasteiger charge is 2.02. The van der Waals surface area contributed by atoms with E-state index in [2.05, 4.69) is 12.2 Å². The molecule has 0 saturated heterocycles. The second kappa shape index (κ2) is 6.53. The molecule has 0 aromatic heterocycles. The van der Waals surface area contributed by atoms with E-state index in [0.717, 1.165) is 34.1 Å². The number of nitrogens with two attached hydrogens (primary N) is 1. The van der Waals surface area contributed by atoms with Gasteiger partial charge < -0.3 is 15.8 Å². The zero-order valence-electron chi connectivity index (χ0n) is 11.7. The maximum Gasteiger partial charge on any atom is 0.123 e. The second-order valence-corrected chi connectivity index (χ2v) is 5.14. The highest BCUT2D eigenvalue weighted by atomic mass is 35.5. The number of nitrogens with one attached hydrogen (secondary N) is 1. The Morgan fingerprint density at radius 2 is 1.95 bits per heavy atom. The number of halogens is 1. The van der Waals surface area contributed by atoms with Gasteiger partial charge in [-0.25, -0.2) is 0 Å². The maximum absolute atomic E-state index is 6.12. The predicted octanol–water partition coefficient (Wildman–Crippen LogP) is 4.76. The summed E-state index contributed by atoms with van der Waals surface area (Å²) in [6.07, 6.45) is 0.963. The fourth-order valence-electron chi connectivity index (χ4n) is 1.83. The number of benzene rings is 2. The fraction of sp³-hybridized carbons (Fsp3) is 0.250. The van der Waals surface area contributed by atoms with Crippen molar-refractivity contribution in [2.75, 3.05) is 17.7 Å². The number of ether oxygens (including phenoxy) is 1. The molecule has 0 aliphatic heterocycles. The summed E-state index contributed by atoms with van der Waals surface area (Å²) < 4.78 is 5.61. The number of anilines is 3. The summed E-state index contributed by atoms with van der Waals surface area (Å²) in [7, 11) is 0. The number of nitrogen functional groups attached to an aromatic ring is 1. The zero-order valence-corrected chi connectivity index (χ0v) is 12.5. The number of hydrogen-bond donors (Lipinski definition) is 2. The molecule has 0 amide bonds. The first-order valence-corrected chi connectivity index (χ1v) is 7.03. The largest absolute Gasteiger partial charge is 0.493 e. The number of aryl methyl sites for hydroxylation is 1. The Kier molecular flexibility index (Phi) is 4.74. The Morgan fingerprint density at radius 1 is 1.15 bits per heavy atom. The average Bonchev–Trinajstić information content (AvgIpc) is 2.40. The molecule has 106 valence electrons. The summed E-state index contributed by atoms with van der Waals surface area (Å²) in [5.41, 5.74) is 9.42. The Bertz CT molecular complexity index is 599. The minimum atomic E-state index is 0.666. The van der Waals surface area contributed by atoms with E-state index in [1.165, 1.54) is 0 Å². The molecule has 3 nitrogen and oxygen atoms in total. The molecule has 0 radical (unpaired) electrons. The minimum Gasteiger partial charge on any atom is -0.493 e. The maximum atomic E-state index is 6.12. The SMILES string of the molecule is CCCOc1cc(N)cc(Nc2ccc(C)c(Cl)c2)c1. The van der Waals surface area contributed by atoms with Crippen LogP contribution < -0.4 is 15.8 Å². The standard InChI is InChI=1S/C16H19ClN2O/c1-3-6-20-15-8-12(18)7-14(9-15)19-13-5-4-11(2)16(17)10-13/h4-5,7-10,19H,3,6,18H2,1-2H3. The van der Waals surface area contributed by atoms with Crippen LogP contribution in [-0.2, 0) is 0 Å². The Labute approximate surface area is 124 Å². The molecule has 2 aromatic rings. The Hall–Kier alpha value is -1.87. The van der Waals surface area contributed by atoms with Crippen molar-refractivity contribution < 1.29 is 4.74 Å². The van der Waals surface area contributed by atoms with Gasteiger partial charge in [-0.2, -0.15) is 0 Å². The molecule has 2 aromatic carbocycles. The van der Waals surface area contributed by atoms with E-state index in [1.807, 2.05) is 43.3 Å². The Balaban J connectivity index is 2.19. The molecule has 0 aliphatic carbocycles. The van der Waals surface area contributed by atoms with Gasteiger partial charge in [0.25, 0.3) is 0 Å². The summed E-state index contributed by atoms with van der Waals surface area (Å²) in [4.78, 5) is 0. The van der Waals surface area contributed by atoms with Crippen LogP contribution in [0.5, 0.6) is 5.75 Å². The molecule has 0 aliphatic rings. The average molecular weight is 291 g/mol. The van der Waals surface area contributed by atoms with Gasteiger partial charge in [-0.3, -0.25) is 0 Å². The van der Waals surface area contributed by atoms with Crippen molar-refractivity contribution in [3.8, 4) is 5.75 Å². The quantitative estimate of drug-likeness (QED) is 0.780. The lowest BCUT2D eigenvalue weighted by Crippen LogP contribution is -1.98. The summed E-state index contributed by atoms with van der Waals surface area (Å²) in [5.74, 6) is 0.771. The van der Waals surface area contributed by atoms with E-state index >= 15 is 0 Å². The third kappa shape index (κ3) is 3.81. The smallest absolute Gasteiger partial charge is 0.123 e. The normalized spacial score (nSPS) is 10.3. The van der Waals surface area contributed by atoms with Crippen LogP contribution in [0.4, 0.5) is 17.1 Å². The molecule has 3 N–H and O–H groups in total. The minimum absolute atomic E-state index is 0.666. The van der Waals surface area contributed by atoms with Gasteiger partial charge >= 0.3 is 0 Å². The van der Waals surface area contributed by atoms with Crippen molar-refractivity contribution in [2.24, 2.45) is 0 Å². The van der Waals surface area contributed by atoms with Crippen LogP contribution in [0, 0.1) is 6.92 Å². The number of rotatable bonds is 5. The van der Waals surface area contributed by atoms with Crippen LogP contribution in [0.2, 0.25) is 5.02 Å². The van der Waals surface area contributed by atoms with Crippen LogP contribution in [-0.4, -0.2) is 6.61 Å². The third-order valence-corrected chi connectivity index (χ3v) is 3.27. The lowest BCUT2D eigenvalue weighted by atomic mass is 10.2. The highest BCUT2D eigenvalue weighted by molar-refractivity contribution is 6.31. The van der Waals surface area contributed by atoms with E-state index in [9.17, 15) is 0 Å². The van der Waals surface area contributed by atoms with Crippen LogP contribution in [0.15, 0.2) is 36.4 Å². The van der Waals surface area contributed by atoms with E-state index in [4.69, 9.17) is 22.1 Å². The topological polar surface area (TPSA) is 47.3 Å². The summed E-state index contributed by atoms with van der Waals surface area (Å²) in [6, 6.07) is 11.5. The van der Waals surface area contributed by atoms with Crippen molar-refractivity contribution in [2.45, 2.75) is 20.3 Å². The van der Waals surface area contributed by atoms with Gasteiger partial charge in [0.15, 0.2) is 0 Å². The van der Waals surface area contributed by atoms with E-state index in [-0.39, 0.29) is 0 Å². The molecule has 0 bridgehead atoms. The van der Waals surface area contributed by atoms with Gasteiger partial charge in [0.2, 0.25) is 0 Å². The second-order valence-electron chi connectivity index (χ2n) is 4.73. The lowest BCUT2D eigenvalue weighted by molar-refractivity contribution is 0.318. The van der Waals surface area contributed by atoms with Crippen molar-refractivity contribution in [1.82, 2.24) is 0 Å². The molecule has 0 atom stereocenters. The van der Waals surface area contributed by atoms with Crippen LogP contribution >= 0.6 is 11.6 Å². The molecule has 20 heavy (non-hydrogen) atoms. The van der Waals surface area contributed by atoms with E-state index in [0.29, 0.717) is 12.3 Å². The molecule has 0 fully saturated rings. The van der Waals surface area contributed by atoms with Crippen molar-refractivity contribution >= 4 is 28.7 Å². The molecular weight excluding hydrogens is 272 g/mol. The van der Waals surface area contributed by atoms with Gasteiger partial charge in [0.05, 0.1) is 6.61 Å².